The van der Waals surface area contributed by atoms with Crippen molar-refractivity contribution in [3.63, 3.8) is 0 Å². The first-order valence-corrected chi connectivity index (χ1v) is 12.8. The highest BCUT2D eigenvalue weighted by atomic mass is 16.6. The second-order valence-electron chi connectivity index (χ2n) is 10.9. The van der Waals surface area contributed by atoms with E-state index in [1.807, 2.05) is 32.9 Å². The summed E-state index contributed by atoms with van der Waals surface area (Å²) >= 11 is 0. The lowest BCUT2D eigenvalue weighted by atomic mass is 9.85. The molecule has 1 aromatic carbocycles. The van der Waals surface area contributed by atoms with Crippen molar-refractivity contribution in [3.8, 4) is 0 Å². The molecule has 0 spiro atoms. The molecule has 0 aromatic heterocycles. The number of piperazine rings is 1. The Labute approximate surface area is 208 Å². The summed E-state index contributed by atoms with van der Waals surface area (Å²) < 4.78 is 5.39. The lowest BCUT2D eigenvalue weighted by molar-refractivity contribution is -0.120. The number of carbonyl (C=O) groups is 3. The van der Waals surface area contributed by atoms with Crippen LogP contribution in [0.15, 0.2) is 24.3 Å². The first-order chi connectivity index (χ1) is 16.7. The van der Waals surface area contributed by atoms with Crippen molar-refractivity contribution in [3.05, 3.63) is 24.3 Å². The molecular formula is C26H39N5O4. The average molecular weight is 486 g/mol. The Kier molecular flexibility index (Phi) is 7.84. The van der Waals surface area contributed by atoms with E-state index in [0.29, 0.717) is 18.9 Å². The van der Waals surface area contributed by atoms with Crippen molar-refractivity contribution in [2.24, 2.45) is 5.92 Å². The van der Waals surface area contributed by atoms with Crippen molar-refractivity contribution < 1.29 is 19.1 Å². The predicted octanol–water partition coefficient (Wildman–Crippen LogP) is 3.34. The first kappa shape index (κ1) is 25.3. The van der Waals surface area contributed by atoms with E-state index in [9.17, 15) is 14.4 Å². The Morgan fingerprint density at radius 2 is 1.60 bits per heavy atom. The van der Waals surface area contributed by atoms with Gasteiger partial charge in [0.05, 0.1) is 0 Å². The fourth-order valence-corrected chi connectivity index (χ4v) is 5.17. The summed E-state index contributed by atoms with van der Waals surface area (Å²) in [5, 5.41) is 5.40. The second kappa shape index (κ2) is 10.8. The van der Waals surface area contributed by atoms with E-state index in [4.69, 9.17) is 4.74 Å². The van der Waals surface area contributed by atoms with Gasteiger partial charge in [0.15, 0.2) is 0 Å². The molecule has 3 fully saturated rings. The third-order valence-electron chi connectivity index (χ3n) is 7.04. The number of urea groups is 1. The molecule has 1 aromatic rings. The second-order valence-corrected chi connectivity index (χ2v) is 10.9. The Morgan fingerprint density at radius 1 is 0.971 bits per heavy atom. The van der Waals surface area contributed by atoms with Gasteiger partial charge in [0, 0.05) is 63.1 Å². The van der Waals surface area contributed by atoms with Gasteiger partial charge < -0.3 is 15.0 Å². The van der Waals surface area contributed by atoms with Gasteiger partial charge in [-0.05, 0) is 76.6 Å². The molecule has 1 aliphatic carbocycles. The van der Waals surface area contributed by atoms with Gasteiger partial charge in [0.2, 0.25) is 5.91 Å². The molecule has 2 N–H and O–H groups in total. The summed E-state index contributed by atoms with van der Waals surface area (Å²) in [6, 6.07) is 7.91. The van der Waals surface area contributed by atoms with Crippen LogP contribution in [0, 0.1) is 5.92 Å². The highest BCUT2D eigenvalue weighted by molar-refractivity contribution is 6.05. The lowest BCUT2D eigenvalue weighted by Gasteiger charge is -2.39. The molecular weight excluding hydrogens is 446 g/mol. The van der Waals surface area contributed by atoms with Gasteiger partial charge in [0.1, 0.15) is 5.60 Å². The smallest absolute Gasteiger partial charge is 0.407 e. The quantitative estimate of drug-likeness (QED) is 0.664. The molecule has 0 atom stereocenters. The number of amides is 4. The number of nitrogens with one attached hydrogen (secondary N) is 2. The average Bonchev–Trinajstić information content (AvgIpc) is 2.80. The molecule has 0 bridgehead atoms. The molecule has 2 heterocycles. The molecule has 1 saturated carbocycles. The number of benzene rings is 1. The normalized spacial score (nSPS) is 24.2. The van der Waals surface area contributed by atoms with Crippen LogP contribution in [0.25, 0.3) is 0 Å². The zero-order valence-electron chi connectivity index (χ0n) is 21.2. The number of carbonyl (C=O) groups excluding carboxylic acids is 3. The number of hydrogen-bond donors (Lipinski definition) is 2. The van der Waals surface area contributed by atoms with Crippen LogP contribution < -0.4 is 20.4 Å². The Balaban J connectivity index is 1.18. The largest absolute Gasteiger partial charge is 0.444 e. The van der Waals surface area contributed by atoms with Crippen LogP contribution in [0.1, 0.15) is 52.9 Å². The number of ether oxygens (including phenoxy) is 1. The maximum absolute atomic E-state index is 12.1. The Morgan fingerprint density at radius 3 is 2.20 bits per heavy atom. The SMILES string of the molecule is CC(C)(C)OC(=O)N[C@H]1CC[C@H](CN2CCN(c3ccc(N4CCC(=O)NC4=O)cc3)CC2)CC1. The van der Waals surface area contributed by atoms with Crippen LogP contribution in [-0.4, -0.2) is 73.8 Å². The number of hydrogen-bond acceptors (Lipinski definition) is 6. The maximum atomic E-state index is 12.1. The molecule has 3 aliphatic rings. The molecule has 2 aliphatic heterocycles. The van der Waals surface area contributed by atoms with Crippen molar-refractivity contribution in [2.45, 2.75) is 64.5 Å². The van der Waals surface area contributed by atoms with Crippen LogP contribution in [-0.2, 0) is 9.53 Å². The van der Waals surface area contributed by atoms with E-state index in [-0.39, 0.29) is 24.1 Å². The van der Waals surface area contributed by atoms with Crippen molar-refractivity contribution in [1.82, 2.24) is 15.5 Å². The number of rotatable bonds is 5. The number of anilines is 2. The fraction of sp³-hybridized carbons (Fsp3) is 0.654. The molecule has 0 radical (unpaired) electrons. The highest BCUT2D eigenvalue weighted by Gasteiger charge is 2.28. The minimum Gasteiger partial charge on any atom is -0.444 e. The molecule has 4 rings (SSSR count). The van der Waals surface area contributed by atoms with Crippen LogP contribution in [0.2, 0.25) is 0 Å². The van der Waals surface area contributed by atoms with Gasteiger partial charge in [0.25, 0.3) is 0 Å². The van der Waals surface area contributed by atoms with Crippen LogP contribution >= 0.6 is 0 Å². The monoisotopic (exact) mass is 485 g/mol. The van der Waals surface area contributed by atoms with E-state index in [1.165, 1.54) is 0 Å². The third kappa shape index (κ3) is 7.10. The van der Waals surface area contributed by atoms with Crippen molar-refractivity contribution >= 4 is 29.4 Å². The summed E-state index contributed by atoms with van der Waals surface area (Å²) in [5.74, 6) is 0.464. The van der Waals surface area contributed by atoms with Gasteiger partial charge in [-0.2, -0.15) is 0 Å². The minimum atomic E-state index is -0.461. The van der Waals surface area contributed by atoms with E-state index < -0.39 is 5.60 Å². The third-order valence-corrected chi connectivity index (χ3v) is 7.04. The van der Waals surface area contributed by atoms with Crippen LogP contribution in [0.4, 0.5) is 21.0 Å². The minimum absolute atomic E-state index is 0.216. The van der Waals surface area contributed by atoms with Gasteiger partial charge in [-0.25, -0.2) is 9.59 Å². The summed E-state index contributed by atoms with van der Waals surface area (Å²) in [7, 11) is 0. The number of alkyl carbamates (subject to hydrolysis) is 1. The van der Waals surface area contributed by atoms with Crippen molar-refractivity contribution in [2.75, 3.05) is 49.1 Å². The van der Waals surface area contributed by atoms with Gasteiger partial charge in [-0.15, -0.1) is 0 Å². The predicted molar refractivity (Wildman–Crippen MR) is 136 cm³/mol. The van der Waals surface area contributed by atoms with Gasteiger partial charge >= 0.3 is 12.1 Å². The Hall–Kier alpha value is -2.81. The molecule has 0 unspecified atom stereocenters. The zero-order valence-corrected chi connectivity index (χ0v) is 21.2. The number of imide groups is 1. The summed E-state index contributed by atoms with van der Waals surface area (Å²) in [6.07, 6.45) is 4.32. The lowest BCUT2D eigenvalue weighted by Crippen LogP contribution is -2.49. The standard InChI is InChI=1S/C26H39N5O4/c1-26(2,3)35-25(34)27-20-6-4-19(5-7-20)18-29-14-16-30(17-15-29)21-8-10-22(11-9-21)31-13-12-23(32)28-24(31)33/h8-11,19-20H,4-7,12-18H2,1-3H3,(H,27,34)(H,28,32,33)/t19-,20-. The topological polar surface area (TPSA) is 94.2 Å². The van der Waals surface area contributed by atoms with Crippen LogP contribution in [0.5, 0.6) is 0 Å². The molecule has 9 nitrogen and oxygen atoms in total. The van der Waals surface area contributed by atoms with E-state index in [0.717, 1.165) is 69.8 Å². The molecule has 35 heavy (non-hydrogen) atoms. The molecule has 4 amide bonds. The summed E-state index contributed by atoms with van der Waals surface area (Å²) in [5.41, 5.74) is 1.52. The molecule has 192 valence electrons. The van der Waals surface area contributed by atoms with E-state index in [1.54, 1.807) is 4.90 Å². The fourth-order valence-electron chi connectivity index (χ4n) is 5.17. The zero-order chi connectivity index (χ0) is 25.0. The van der Waals surface area contributed by atoms with E-state index >= 15 is 0 Å². The van der Waals surface area contributed by atoms with Gasteiger partial charge in [-0.3, -0.25) is 19.9 Å². The van der Waals surface area contributed by atoms with Crippen LogP contribution in [0.3, 0.4) is 0 Å². The summed E-state index contributed by atoms with van der Waals surface area (Å²) in [4.78, 5) is 42.0. The molecule has 2 saturated heterocycles. The maximum Gasteiger partial charge on any atom is 0.407 e. The molecule has 9 heteroatoms. The first-order valence-electron chi connectivity index (χ1n) is 12.8. The Bertz CT molecular complexity index is 897. The van der Waals surface area contributed by atoms with Gasteiger partial charge in [-0.1, -0.05) is 0 Å². The highest BCUT2D eigenvalue weighted by Crippen LogP contribution is 2.27. The van der Waals surface area contributed by atoms with Crippen molar-refractivity contribution in [1.29, 1.82) is 0 Å². The number of nitrogens with zero attached hydrogens (tertiary/aromatic N) is 3. The summed E-state index contributed by atoms with van der Waals surface area (Å²) in [6.45, 7) is 11.2. The van der Waals surface area contributed by atoms with E-state index in [2.05, 4.69) is 32.6 Å².